The highest BCUT2D eigenvalue weighted by Crippen LogP contribution is 2.28. The lowest BCUT2D eigenvalue weighted by molar-refractivity contribution is 0.0232. The summed E-state index contributed by atoms with van der Waals surface area (Å²) in [5.41, 5.74) is 0.313. The van der Waals surface area contributed by atoms with Crippen LogP contribution >= 0.6 is 35.6 Å². The van der Waals surface area contributed by atoms with Gasteiger partial charge in [0, 0.05) is 55.4 Å². The SMILES string of the molecule is CC(=N)N1CCC(O/N=C(/c2ccc(=O)n(-c3c(Cl)cccc3Cl)c2)c2ccc(F)cc2F)CC1.Cl. The summed E-state index contributed by atoms with van der Waals surface area (Å²) in [6, 6.07) is 10.8. The molecule has 2 aromatic carbocycles. The molecule has 6 nitrogen and oxygen atoms in total. The smallest absolute Gasteiger partial charge is 0.255 e. The fourth-order valence-electron chi connectivity index (χ4n) is 3.88. The molecule has 36 heavy (non-hydrogen) atoms. The summed E-state index contributed by atoms with van der Waals surface area (Å²) in [6.45, 7) is 3.02. The van der Waals surface area contributed by atoms with Crippen LogP contribution in [0.15, 0.2) is 64.7 Å². The number of piperidine rings is 1. The molecule has 1 aliphatic rings. The number of nitrogens with one attached hydrogen (secondary N) is 1. The van der Waals surface area contributed by atoms with Crippen LogP contribution in [-0.4, -0.2) is 40.2 Å². The van der Waals surface area contributed by atoms with E-state index in [2.05, 4.69) is 5.16 Å². The van der Waals surface area contributed by atoms with Crippen LogP contribution in [0.5, 0.6) is 0 Å². The number of halogens is 5. The number of nitrogens with zero attached hydrogens (tertiary/aromatic N) is 3. The van der Waals surface area contributed by atoms with Crippen LogP contribution in [0, 0.1) is 17.0 Å². The number of rotatable bonds is 5. The van der Waals surface area contributed by atoms with Crippen LogP contribution in [0.25, 0.3) is 5.69 Å². The van der Waals surface area contributed by atoms with E-state index in [9.17, 15) is 13.6 Å². The first-order valence-electron chi connectivity index (χ1n) is 10.9. The van der Waals surface area contributed by atoms with Crippen molar-refractivity contribution in [1.82, 2.24) is 9.47 Å². The third-order valence-electron chi connectivity index (χ3n) is 5.76. The van der Waals surface area contributed by atoms with Gasteiger partial charge in [0.15, 0.2) is 0 Å². The number of para-hydroxylation sites is 1. The summed E-state index contributed by atoms with van der Waals surface area (Å²) in [7, 11) is 0. The van der Waals surface area contributed by atoms with E-state index in [0.29, 0.717) is 37.3 Å². The maximum atomic E-state index is 14.8. The molecule has 2 heterocycles. The standard InChI is InChI=1S/C25H22Cl2F2N4O2.ClH/c1-15(30)32-11-9-18(10-12-32)35-31-24(19-7-6-17(28)13-22(19)29)16-5-8-23(34)33(14-16)25-20(26)3-2-4-21(25)27;/h2-8,13-14,18,30H,9-12H2,1H3;1H/b30-15?,31-24-;. The zero-order valence-electron chi connectivity index (χ0n) is 19.2. The molecule has 1 fully saturated rings. The quantitative estimate of drug-likeness (QED) is 0.236. The predicted molar refractivity (Wildman–Crippen MR) is 140 cm³/mol. The van der Waals surface area contributed by atoms with E-state index in [1.165, 1.54) is 29.0 Å². The molecule has 0 atom stereocenters. The van der Waals surface area contributed by atoms with E-state index in [1.54, 1.807) is 25.1 Å². The Balaban J connectivity index is 0.00000361. The van der Waals surface area contributed by atoms with Crippen molar-refractivity contribution in [3.05, 3.63) is 97.9 Å². The predicted octanol–water partition coefficient (Wildman–Crippen LogP) is 6.07. The number of hydrogen-bond acceptors (Lipinski definition) is 4. The van der Waals surface area contributed by atoms with Crippen LogP contribution in [0.4, 0.5) is 8.78 Å². The monoisotopic (exact) mass is 554 g/mol. The van der Waals surface area contributed by atoms with Gasteiger partial charge in [0.1, 0.15) is 23.5 Å². The zero-order valence-corrected chi connectivity index (χ0v) is 21.5. The molecule has 0 amide bonds. The number of likely N-dealkylation sites (tertiary alicyclic amines) is 1. The summed E-state index contributed by atoms with van der Waals surface area (Å²) in [6.07, 6.45) is 2.47. The Labute approximate surface area is 223 Å². The van der Waals surface area contributed by atoms with E-state index in [4.69, 9.17) is 33.4 Å². The van der Waals surface area contributed by atoms with Gasteiger partial charge in [0.2, 0.25) is 0 Å². The van der Waals surface area contributed by atoms with Crippen LogP contribution in [0.2, 0.25) is 10.0 Å². The van der Waals surface area contributed by atoms with Crippen molar-refractivity contribution in [2.75, 3.05) is 13.1 Å². The first-order chi connectivity index (χ1) is 16.7. The van der Waals surface area contributed by atoms with Crippen molar-refractivity contribution in [3.8, 4) is 5.69 Å². The fraction of sp³-hybridized carbons (Fsp3) is 0.240. The minimum atomic E-state index is -0.824. The van der Waals surface area contributed by atoms with Gasteiger partial charge in [-0.2, -0.15) is 0 Å². The summed E-state index contributed by atoms with van der Waals surface area (Å²) < 4.78 is 29.7. The lowest BCUT2D eigenvalue weighted by Gasteiger charge is -2.31. The minimum absolute atomic E-state index is 0. The largest absolute Gasteiger partial charge is 0.392 e. The summed E-state index contributed by atoms with van der Waals surface area (Å²) in [5, 5.41) is 12.5. The molecule has 0 aliphatic carbocycles. The molecule has 11 heteroatoms. The molecular formula is C25H23Cl3F2N4O2. The molecule has 190 valence electrons. The first-order valence-corrected chi connectivity index (χ1v) is 11.7. The minimum Gasteiger partial charge on any atom is -0.392 e. The zero-order chi connectivity index (χ0) is 25.1. The molecule has 1 N–H and O–H groups in total. The van der Waals surface area contributed by atoms with Gasteiger partial charge in [0.05, 0.1) is 21.6 Å². The highest BCUT2D eigenvalue weighted by atomic mass is 35.5. The van der Waals surface area contributed by atoms with Gasteiger partial charge in [-0.05, 0) is 37.3 Å². The maximum Gasteiger partial charge on any atom is 0.255 e. The molecule has 1 aromatic heterocycles. The first kappa shape index (κ1) is 27.6. The van der Waals surface area contributed by atoms with Gasteiger partial charge < -0.3 is 9.74 Å². The topological polar surface area (TPSA) is 70.7 Å². The Morgan fingerprint density at radius 2 is 1.75 bits per heavy atom. The molecule has 4 rings (SSSR count). The lowest BCUT2D eigenvalue weighted by Crippen LogP contribution is -2.39. The van der Waals surface area contributed by atoms with Gasteiger partial charge in [-0.25, -0.2) is 8.78 Å². The van der Waals surface area contributed by atoms with Gasteiger partial charge >= 0.3 is 0 Å². The van der Waals surface area contributed by atoms with E-state index >= 15 is 0 Å². The van der Waals surface area contributed by atoms with Crippen LogP contribution in [-0.2, 0) is 4.84 Å². The Morgan fingerprint density at radius 1 is 1.08 bits per heavy atom. The molecule has 0 saturated carbocycles. The molecule has 0 radical (unpaired) electrons. The van der Waals surface area contributed by atoms with Gasteiger partial charge in [0.25, 0.3) is 5.56 Å². The summed E-state index contributed by atoms with van der Waals surface area (Å²) >= 11 is 12.6. The third-order valence-corrected chi connectivity index (χ3v) is 6.37. The number of pyridine rings is 1. The second kappa shape index (κ2) is 11.9. The highest BCUT2D eigenvalue weighted by molar-refractivity contribution is 6.37. The molecule has 0 bridgehead atoms. The van der Waals surface area contributed by atoms with E-state index in [1.807, 2.05) is 4.90 Å². The maximum absolute atomic E-state index is 14.8. The average molecular weight is 556 g/mol. The van der Waals surface area contributed by atoms with E-state index in [0.717, 1.165) is 12.1 Å². The van der Waals surface area contributed by atoms with Crippen LogP contribution in [0.1, 0.15) is 30.9 Å². The summed E-state index contributed by atoms with van der Waals surface area (Å²) in [4.78, 5) is 20.4. The number of oxime groups is 1. The van der Waals surface area contributed by atoms with E-state index in [-0.39, 0.29) is 45.5 Å². The van der Waals surface area contributed by atoms with Crippen molar-refractivity contribution in [2.45, 2.75) is 25.9 Å². The van der Waals surface area contributed by atoms with Gasteiger partial charge in [-0.15, -0.1) is 12.4 Å². The van der Waals surface area contributed by atoms with Crippen molar-refractivity contribution < 1.29 is 13.6 Å². The second-order valence-electron chi connectivity index (χ2n) is 8.14. The normalized spacial score (nSPS) is 14.4. The van der Waals surface area contributed by atoms with Crippen molar-refractivity contribution in [2.24, 2.45) is 5.16 Å². The third kappa shape index (κ3) is 6.06. The van der Waals surface area contributed by atoms with E-state index < -0.39 is 17.2 Å². The Kier molecular flexibility index (Phi) is 9.11. The molecule has 0 unspecified atom stereocenters. The second-order valence-corrected chi connectivity index (χ2v) is 8.95. The van der Waals surface area contributed by atoms with Gasteiger partial charge in [-0.1, -0.05) is 34.4 Å². The highest BCUT2D eigenvalue weighted by Gasteiger charge is 2.22. The Morgan fingerprint density at radius 3 is 2.36 bits per heavy atom. The van der Waals surface area contributed by atoms with Crippen molar-refractivity contribution >= 4 is 47.2 Å². The Hall–Kier alpha value is -2.94. The molecule has 1 aliphatic heterocycles. The number of benzene rings is 2. The van der Waals surface area contributed by atoms with Gasteiger partial charge in [-0.3, -0.25) is 14.8 Å². The molecule has 3 aromatic rings. The number of hydrogen-bond donors (Lipinski definition) is 1. The molecule has 1 saturated heterocycles. The number of amidine groups is 1. The average Bonchev–Trinajstić information content (AvgIpc) is 2.82. The van der Waals surface area contributed by atoms with Crippen molar-refractivity contribution in [3.63, 3.8) is 0 Å². The van der Waals surface area contributed by atoms with Crippen molar-refractivity contribution in [1.29, 1.82) is 5.41 Å². The molecule has 0 spiro atoms. The lowest BCUT2D eigenvalue weighted by atomic mass is 10.0. The number of aromatic nitrogens is 1. The molecular weight excluding hydrogens is 533 g/mol. The van der Waals surface area contributed by atoms with Crippen LogP contribution in [0.3, 0.4) is 0 Å². The Bertz CT molecular complexity index is 1340. The van der Waals surface area contributed by atoms with Crippen LogP contribution < -0.4 is 5.56 Å². The summed E-state index contributed by atoms with van der Waals surface area (Å²) in [5.74, 6) is -1.06. The fourth-order valence-corrected chi connectivity index (χ4v) is 4.46.